The number of carbonyl (C=O) groups is 1. The summed E-state index contributed by atoms with van der Waals surface area (Å²) in [5.41, 5.74) is -0.0699. The summed E-state index contributed by atoms with van der Waals surface area (Å²) in [6.45, 7) is 4.89. The van der Waals surface area contributed by atoms with Gasteiger partial charge < -0.3 is 15.7 Å². The number of hydrogen-bond acceptors (Lipinski definition) is 2. The molecule has 0 saturated heterocycles. The fourth-order valence-electron chi connectivity index (χ4n) is 2.39. The highest BCUT2D eigenvalue weighted by Crippen LogP contribution is 2.47. The van der Waals surface area contributed by atoms with Crippen LogP contribution in [0.2, 0.25) is 0 Å². The van der Waals surface area contributed by atoms with Gasteiger partial charge in [-0.05, 0) is 50.4 Å². The van der Waals surface area contributed by atoms with Gasteiger partial charge in [-0.2, -0.15) is 0 Å². The van der Waals surface area contributed by atoms with E-state index in [-0.39, 0.29) is 12.6 Å². The van der Waals surface area contributed by atoms with E-state index in [0.29, 0.717) is 11.3 Å². The van der Waals surface area contributed by atoms with Crippen molar-refractivity contribution in [2.24, 2.45) is 11.3 Å². The van der Waals surface area contributed by atoms with Crippen LogP contribution in [0.3, 0.4) is 0 Å². The Morgan fingerprint density at radius 2 is 2.12 bits per heavy atom. The monoisotopic (exact) mass is 240 g/mol. The Morgan fingerprint density at radius 3 is 2.53 bits per heavy atom. The van der Waals surface area contributed by atoms with Crippen molar-refractivity contribution < 1.29 is 9.90 Å². The van der Waals surface area contributed by atoms with Crippen molar-refractivity contribution >= 4 is 6.03 Å². The van der Waals surface area contributed by atoms with E-state index in [4.69, 9.17) is 0 Å². The summed E-state index contributed by atoms with van der Waals surface area (Å²) in [5, 5.41) is 15.3. The van der Waals surface area contributed by atoms with E-state index >= 15 is 0 Å². The van der Waals surface area contributed by atoms with Crippen LogP contribution in [-0.4, -0.2) is 29.8 Å². The lowest BCUT2D eigenvalue weighted by atomic mass is 9.97. The Labute approximate surface area is 103 Å². The Morgan fingerprint density at radius 1 is 1.47 bits per heavy atom. The SMILES string of the molecule is CCC1(CNC(=O)NC(C)(CO)C2CC2)CC1. The predicted molar refractivity (Wildman–Crippen MR) is 66.7 cm³/mol. The maximum Gasteiger partial charge on any atom is 0.315 e. The molecule has 0 aromatic carbocycles. The number of urea groups is 1. The minimum atomic E-state index is -0.437. The first-order chi connectivity index (χ1) is 8.03. The summed E-state index contributed by atoms with van der Waals surface area (Å²) in [6.07, 6.45) is 5.80. The highest BCUT2D eigenvalue weighted by atomic mass is 16.3. The molecule has 1 unspecified atom stereocenters. The fourth-order valence-corrected chi connectivity index (χ4v) is 2.39. The van der Waals surface area contributed by atoms with Gasteiger partial charge in [-0.3, -0.25) is 0 Å². The van der Waals surface area contributed by atoms with Crippen LogP contribution in [0.1, 0.15) is 46.0 Å². The van der Waals surface area contributed by atoms with Gasteiger partial charge in [0, 0.05) is 6.54 Å². The van der Waals surface area contributed by atoms with Crippen LogP contribution < -0.4 is 10.6 Å². The van der Waals surface area contributed by atoms with Gasteiger partial charge in [0.15, 0.2) is 0 Å². The van der Waals surface area contributed by atoms with Gasteiger partial charge in [0.1, 0.15) is 0 Å². The lowest BCUT2D eigenvalue weighted by molar-refractivity contribution is 0.154. The minimum Gasteiger partial charge on any atom is -0.394 e. The van der Waals surface area contributed by atoms with Crippen molar-refractivity contribution in [1.82, 2.24) is 10.6 Å². The molecule has 17 heavy (non-hydrogen) atoms. The molecule has 98 valence electrons. The van der Waals surface area contributed by atoms with Crippen molar-refractivity contribution in [3.05, 3.63) is 0 Å². The molecule has 0 spiro atoms. The maximum absolute atomic E-state index is 11.8. The summed E-state index contributed by atoms with van der Waals surface area (Å²) in [7, 11) is 0. The molecule has 2 amide bonds. The molecule has 3 N–H and O–H groups in total. The molecule has 2 aliphatic rings. The van der Waals surface area contributed by atoms with Crippen LogP contribution in [0.25, 0.3) is 0 Å². The number of aliphatic hydroxyl groups excluding tert-OH is 1. The zero-order chi connectivity index (χ0) is 12.5. The second kappa shape index (κ2) is 4.48. The van der Waals surface area contributed by atoms with Crippen molar-refractivity contribution in [3.63, 3.8) is 0 Å². The van der Waals surface area contributed by atoms with Gasteiger partial charge in [0.25, 0.3) is 0 Å². The minimum absolute atomic E-state index is 0.0179. The number of hydrogen-bond donors (Lipinski definition) is 3. The molecule has 0 radical (unpaired) electrons. The van der Waals surface area contributed by atoms with Crippen LogP contribution in [0.4, 0.5) is 4.79 Å². The molecule has 2 fully saturated rings. The van der Waals surface area contributed by atoms with E-state index < -0.39 is 5.54 Å². The first kappa shape index (κ1) is 12.7. The highest BCUT2D eigenvalue weighted by molar-refractivity contribution is 5.75. The zero-order valence-corrected chi connectivity index (χ0v) is 10.9. The van der Waals surface area contributed by atoms with E-state index in [1.807, 2.05) is 6.92 Å². The molecule has 2 rings (SSSR count). The van der Waals surface area contributed by atoms with Crippen molar-refractivity contribution in [2.75, 3.05) is 13.2 Å². The number of aliphatic hydroxyl groups is 1. The molecule has 2 aliphatic carbocycles. The molecule has 4 nitrogen and oxygen atoms in total. The Bertz CT molecular complexity index is 298. The topological polar surface area (TPSA) is 61.4 Å². The summed E-state index contributed by atoms with van der Waals surface area (Å²) in [4.78, 5) is 11.8. The first-order valence-electron chi connectivity index (χ1n) is 6.70. The van der Waals surface area contributed by atoms with E-state index in [9.17, 15) is 9.90 Å². The highest BCUT2D eigenvalue weighted by Gasteiger charge is 2.43. The molecular formula is C13H24N2O2. The molecule has 0 bridgehead atoms. The molecule has 2 saturated carbocycles. The largest absolute Gasteiger partial charge is 0.394 e. The third kappa shape index (κ3) is 2.92. The smallest absolute Gasteiger partial charge is 0.315 e. The lowest BCUT2D eigenvalue weighted by Gasteiger charge is -2.29. The quantitative estimate of drug-likeness (QED) is 0.661. The third-order valence-corrected chi connectivity index (χ3v) is 4.54. The van der Waals surface area contributed by atoms with Crippen LogP contribution in [-0.2, 0) is 0 Å². The first-order valence-corrected chi connectivity index (χ1v) is 6.70. The fraction of sp³-hybridized carbons (Fsp3) is 0.923. The maximum atomic E-state index is 11.8. The third-order valence-electron chi connectivity index (χ3n) is 4.54. The molecule has 0 heterocycles. The lowest BCUT2D eigenvalue weighted by Crippen LogP contribution is -2.54. The van der Waals surface area contributed by atoms with E-state index in [1.54, 1.807) is 0 Å². The summed E-state index contributed by atoms with van der Waals surface area (Å²) < 4.78 is 0. The second-order valence-corrected chi connectivity index (χ2v) is 6.01. The average Bonchev–Trinajstić information content (AvgIpc) is 3.19. The van der Waals surface area contributed by atoms with Crippen LogP contribution >= 0.6 is 0 Å². The molecule has 0 aromatic heterocycles. The Balaban J connectivity index is 1.76. The van der Waals surface area contributed by atoms with Crippen molar-refractivity contribution in [3.8, 4) is 0 Å². The zero-order valence-electron chi connectivity index (χ0n) is 10.9. The van der Waals surface area contributed by atoms with Gasteiger partial charge in [0.2, 0.25) is 0 Å². The van der Waals surface area contributed by atoms with Gasteiger partial charge in [0.05, 0.1) is 12.1 Å². The number of nitrogens with one attached hydrogen (secondary N) is 2. The van der Waals surface area contributed by atoms with Gasteiger partial charge >= 0.3 is 6.03 Å². The Kier molecular flexibility index (Phi) is 3.34. The molecular weight excluding hydrogens is 216 g/mol. The Hall–Kier alpha value is -0.770. The van der Waals surface area contributed by atoms with E-state index in [1.165, 1.54) is 12.8 Å². The average molecular weight is 240 g/mol. The number of carbonyl (C=O) groups excluding carboxylic acids is 1. The van der Waals surface area contributed by atoms with Crippen molar-refractivity contribution in [1.29, 1.82) is 0 Å². The number of rotatable bonds is 6. The molecule has 4 heteroatoms. The van der Waals surface area contributed by atoms with Gasteiger partial charge in [-0.1, -0.05) is 6.92 Å². The van der Waals surface area contributed by atoms with Gasteiger partial charge in [-0.25, -0.2) is 4.79 Å². The van der Waals surface area contributed by atoms with Crippen LogP contribution in [0.5, 0.6) is 0 Å². The molecule has 1 atom stereocenters. The molecule has 0 aromatic rings. The summed E-state index contributed by atoms with van der Waals surface area (Å²) >= 11 is 0. The standard InChI is InChI=1S/C13H24N2O2/c1-3-13(6-7-13)8-14-11(17)15-12(2,9-16)10-4-5-10/h10,16H,3-9H2,1-2H3,(H2,14,15,17). The second-order valence-electron chi connectivity index (χ2n) is 6.01. The van der Waals surface area contributed by atoms with Gasteiger partial charge in [-0.15, -0.1) is 0 Å². The van der Waals surface area contributed by atoms with Crippen LogP contribution in [0, 0.1) is 11.3 Å². The summed E-state index contributed by atoms with van der Waals surface area (Å²) in [5.74, 6) is 0.444. The van der Waals surface area contributed by atoms with E-state index in [0.717, 1.165) is 25.8 Å². The van der Waals surface area contributed by atoms with E-state index in [2.05, 4.69) is 17.6 Å². The summed E-state index contributed by atoms with van der Waals surface area (Å²) in [6, 6.07) is -0.131. The van der Waals surface area contributed by atoms with Crippen LogP contribution in [0.15, 0.2) is 0 Å². The van der Waals surface area contributed by atoms with Crippen molar-refractivity contribution in [2.45, 2.75) is 51.5 Å². The predicted octanol–water partition coefficient (Wildman–Crippen LogP) is 1.64. The normalized spacial score (nSPS) is 24.9. The molecule has 0 aliphatic heterocycles. The number of amides is 2.